The van der Waals surface area contributed by atoms with Crippen LogP contribution in [0.15, 0.2) is 18.2 Å². The van der Waals surface area contributed by atoms with Crippen LogP contribution >= 0.6 is 12.2 Å². The molecule has 0 unspecified atom stereocenters. The Hall–Kier alpha value is -1.16. The topological polar surface area (TPSA) is 24.1 Å². The Bertz CT molecular complexity index is 391. The average molecular weight is 254 g/mol. The number of thiocarbonyl (C=S) groups is 1. The van der Waals surface area contributed by atoms with Crippen molar-refractivity contribution < 1.29 is 4.39 Å². The highest BCUT2D eigenvalue weighted by molar-refractivity contribution is 7.80. The first-order chi connectivity index (χ1) is 7.99. The van der Waals surface area contributed by atoms with E-state index in [4.69, 9.17) is 12.2 Å². The molecule has 4 heteroatoms. The third kappa shape index (κ3) is 5.13. The van der Waals surface area contributed by atoms with E-state index in [9.17, 15) is 4.39 Å². The first kappa shape index (κ1) is 13.9. The molecule has 0 fully saturated rings. The van der Waals surface area contributed by atoms with Gasteiger partial charge in [0, 0.05) is 12.2 Å². The molecule has 0 spiro atoms. The summed E-state index contributed by atoms with van der Waals surface area (Å²) in [7, 11) is 0. The van der Waals surface area contributed by atoms with Gasteiger partial charge in [0.2, 0.25) is 0 Å². The van der Waals surface area contributed by atoms with Crippen molar-refractivity contribution in [2.45, 2.75) is 27.2 Å². The monoisotopic (exact) mass is 254 g/mol. The molecule has 94 valence electrons. The Balaban J connectivity index is 2.42. The van der Waals surface area contributed by atoms with Crippen molar-refractivity contribution in [2.24, 2.45) is 5.92 Å². The summed E-state index contributed by atoms with van der Waals surface area (Å²) in [6, 6.07) is 5.00. The zero-order valence-electron chi connectivity index (χ0n) is 10.5. The molecular formula is C13H19FN2S. The van der Waals surface area contributed by atoms with E-state index in [-0.39, 0.29) is 5.82 Å². The Morgan fingerprint density at radius 3 is 2.71 bits per heavy atom. The number of halogens is 1. The minimum atomic E-state index is -0.222. The van der Waals surface area contributed by atoms with Gasteiger partial charge in [0.15, 0.2) is 5.11 Å². The molecule has 0 aliphatic rings. The van der Waals surface area contributed by atoms with E-state index in [1.54, 1.807) is 13.0 Å². The molecule has 17 heavy (non-hydrogen) atoms. The van der Waals surface area contributed by atoms with Crippen molar-refractivity contribution in [1.82, 2.24) is 5.32 Å². The maximum atomic E-state index is 13.3. The predicted molar refractivity (Wildman–Crippen MR) is 74.8 cm³/mol. The SMILES string of the molecule is Cc1ccc(NC(=S)NCCC(C)C)cc1F. The van der Waals surface area contributed by atoms with Gasteiger partial charge in [-0.25, -0.2) is 4.39 Å². The van der Waals surface area contributed by atoms with Crippen molar-refractivity contribution in [3.05, 3.63) is 29.6 Å². The lowest BCUT2D eigenvalue weighted by Crippen LogP contribution is -2.29. The fraction of sp³-hybridized carbons (Fsp3) is 0.462. The summed E-state index contributed by atoms with van der Waals surface area (Å²) in [5.74, 6) is 0.419. The molecule has 0 bridgehead atoms. The van der Waals surface area contributed by atoms with Crippen LogP contribution in [0.4, 0.5) is 10.1 Å². The van der Waals surface area contributed by atoms with Crippen LogP contribution in [0, 0.1) is 18.7 Å². The Morgan fingerprint density at radius 1 is 1.41 bits per heavy atom. The van der Waals surface area contributed by atoms with E-state index in [1.165, 1.54) is 6.07 Å². The fourth-order valence-corrected chi connectivity index (χ4v) is 1.54. The van der Waals surface area contributed by atoms with Gasteiger partial charge in [0.25, 0.3) is 0 Å². The summed E-state index contributed by atoms with van der Waals surface area (Å²) in [6.45, 7) is 6.89. The van der Waals surface area contributed by atoms with Gasteiger partial charge in [-0.05, 0) is 49.2 Å². The van der Waals surface area contributed by atoms with Crippen LogP contribution in [0.1, 0.15) is 25.8 Å². The molecule has 1 aromatic carbocycles. The normalized spacial score (nSPS) is 10.4. The standard InChI is InChI=1S/C13H19FN2S/c1-9(2)6-7-15-13(17)16-11-5-4-10(3)12(14)8-11/h4-5,8-9H,6-7H2,1-3H3,(H2,15,16,17). The lowest BCUT2D eigenvalue weighted by Gasteiger charge is -2.12. The van der Waals surface area contributed by atoms with Crippen molar-refractivity contribution >= 4 is 23.0 Å². The Kier molecular flexibility index (Phi) is 5.35. The van der Waals surface area contributed by atoms with Gasteiger partial charge in [-0.3, -0.25) is 0 Å². The molecule has 0 atom stereocenters. The van der Waals surface area contributed by atoms with Gasteiger partial charge < -0.3 is 10.6 Å². The molecule has 0 heterocycles. The van der Waals surface area contributed by atoms with Crippen LogP contribution in [-0.2, 0) is 0 Å². The minimum absolute atomic E-state index is 0.222. The number of benzene rings is 1. The lowest BCUT2D eigenvalue weighted by atomic mass is 10.1. The number of nitrogens with one attached hydrogen (secondary N) is 2. The highest BCUT2D eigenvalue weighted by Crippen LogP contribution is 2.13. The first-order valence-electron chi connectivity index (χ1n) is 5.80. The predicted octanol–water partition coefficient (Wildman–Crippen LogP) is 3.47. The highest BCUT2D eigenvalue weighted by Gasteiger charge is 2.01. The summed E-state index contributed by atoms with van der Waals surface area (Å²) in [5.41, 5.74) is 1.31. The quantitative estimate of drug-likeness (QED) is 0.805. The van der Waals surface area contributed by atoms with E-state index >= 15 is 0 Å². The van der Waals surface area contributed by atoms with Crippen LogP contribution in [0.25, 0.3) is 0 Å². The summed E-state index contributed by atoms with van der Waals surface area (Å²) in [5, 5.41) is 6.59. The smallest absolute Gasteiger partial charge is 0.170 e. The maximum absolute atomic E-state index is 13.3. The molecule has 1 aromatic rings. The fourth-order valence-electron chi connectivity index (χ4n) is 1.32. The van der Waals surface area contributed by atoms with Gasteiger partial charge in [0.05, 0.1) is 0 Å². The summed E-state index contributed by atoms with van der Waals surface area (Å²) < 4.78 is 13.3. The van der Waals surface area contributed by atoms with Crippen LogP contribution in [-0.4, -0.2) is 11.7 Å². The molecule has 0 radical (unpaired) electrons. The van der Waals surface area contributed by atoms with E-state index in [0.717, 1.165) is 13.0 Å². The van der Waals surface area contributed by atoms with E-state index < -0.39 is 0 Å². The van der Waals surface area contributed by atoms with E-state index in [1.807, 2.05) is 6.07 Å². The third-order valence-corrected chi connectivity index (χ3v) is 2.68. The van der Waals surface area contributed by atoms with Gasteiger partial charge in [-0.2, -0.15) is 0 Å². The Labute approximate surface area is 108 Å². The zero-order valence-corrected chi connectivity index (χ0v) is 11.3. The largest absolute Gasteiger partial charge is 0.362 e. The average Bonchev–Trinajstić information content (AvgIpc) is 2.23. The lowest BCUT2D eigenvalue weighted by molar-refractivity contribution is 0.579. The number of anilines is 1. The molecule has 0 aliphatic heterocycles. The van der Waals surface area contributed by atoms with Crippen molar-refractivity contribution in [3.63, 3.8) is 0 Å². The molecule has 0 amide bonds. The third-order valence-electron chi connectivity index (χ3n) is 2.44. The summed E-state index contributed by atoms with van der Waals surface area (Å²) in [6.07, 6.45) is 1.06. The minimum Gasteiger partial charge on any atom is -0.362 e. The van der Waals surface area contributed by atoms with Crippen LogP contribution in [0.3, 0.4) is 0 Å². The molecule has 2 nitrogen and oxygen atoms in total. The van der Waals surface area contributed by atoms with Gasteiger partial charge in [0.1, 0.15) is 5.82 Å². The molecule has 1 rings (SSSR count). The van der Waals surface area contributed by atoms with Gasteiger partial charge >= 0.3 is 0 Å². The van der Waals surface area contributed by atoms with Gasteiger partial charge in [-0.15, -0.1) is 0 Å². The van der Waals surface area contributed by atoms with Gasteiger partial charge in [-0.1, -0.05) is 19.9 Å². The van der Waals surface area contributed by atoms with Crippen molar-refractivity contribution in [1.29, 1.82) is 0 Å². The number of rotatable bonds is 4. The zero-order chi connectivity index (χ0) is 12.8. The molecule has 2 N–H and O–H groups in total. The summed E-state index contributed by atoms with van der Waals surface area (Å²) in [4.78, 5) is 0. The van der Waals surface area contributed by atoms with Crippen molar-refractivity contribution in [3.8, 4) is 0 Å². The second kappa shape index (κ2) is 6.55. The summed E-state index contributed by atoms with van der Waals surface area (Å²) >= 11 is 5.12. The second-order valence-corrected chi connectivity index (χ2v) is 4.94. The van der Waals surface area contributed by atoms with E-state index in [0.29, 0.717) is 22.3 Å². The highest BCUT2D eigenvalue weighted by atomic mass is 32.1. The molecule has 0 aromatic heterocycles. The Morgan fingerprint density at radius 2 is 2.12 bits per heavy atom. The maximum Gasteiger partial charge on any atom is 0.170 e. The molecular weight excluding hydrogens is 235 g/mol. The molecule has 0 aliphatic carbocycles. The number of aryl methyl sites for hydroxylation is 1. The number of hydrogen-bond donors (Lipinski definition) is 2. The molecule has 0 saturated carbocycles. The number of hydrogen-bond acceptors (Lipinski definition) is 1. The van der Waals surface area contributed by atoms with Crippen LogP contribution in [0.2, 0.25) is 0 Å². The molecule has 0 saturated heterocycles. The van der Waals surface area contributed by atoms with Crippen LogP contribution < -0.4 is 10.6 Å². The second-order valence-electron chi connectivity index (χ2n) is 4.53. The van der Waals surface area contributed by atoms with E-state index in [2.05, 4.69) is 24.5 Å². The van der Waals surface area contributed by atoms with Crippen LogP contribution in [0.5, 0.6) is 0 Å². The first-order valence-corrected chi connectivity index (χ1v) is 6.21. The van der Waals surface area contributed by atoms with Crippen molar-refractivity contribution in [2.75, 3.05) is 11.9 Å².